The van der Waals surface area contributed by atoms with Gasteiger partial charge in [-0.3, -0.25) is 4.79 Å². The van der Waals surface area contributed by atoms with E-state index in [-0.39, 0.29) is 11.9 Å². The number of nitrogens with one attached hydrogen (secondary N) is 2. The molecule has 0 spiro atoms. The number of hydrogen-bond donors (Lipinski definition) is 3. The van der Waals surface area contributed by atoms with Crippen molar-refractivity contribution < 1.29 is 4.79 Å². The van der Waals surface area contributed by atoms with Gasteiger partial charge in [-0.15, -0.1) is 0 Å². The van der Waals surface area contributed by atoms with Crippen molar-refractivity contribution in [3.8, 4) is 0 Å². The number of fused-ring (bicyclic) bond motifs is 1. The average Bonchev–Trinajstić information content (AvgIpc) is 2.70. The van der Waals surface area contributed by atoms with Crippen molar-refractivity contribution in [3.63, 3.8) is 0 Å². The highest BCUT2D eigenvalue weighted by atomic mass is 16.1. The van der Waals surface area contributed by atoms with Crippen molar-refractivity contribution in [1.82, 2.24) is 10.3 Å². The summed E-state index contributed by atoms with van der Waals surface area (Å²) in [5.41, 5.74) is 8.01. The van der Waals surface area contributed by atoms with Gasteiger partial charge in [0.15, 0.2) is 0 Å². The Labute approximate surface area is 113 Å². The van der Waals surface area contributed by atoms with Crippen molar-refractivity contribution in [1.29, 1.82) is 0 Å². The van der Waals surface area contributed by atoms with Crippen molar-refractivity contribution in [2.45, 2.75) is 33.2 Å². The number of hydrogen-bond acceptors (Lipinski definition) is 2. The monoisotopic (exact) mass is 259 g/mol. The van der Waals surface area contributed by atoms with Crippen LogP contribution in [0.5, 0.6) is 0 Å². The van der Waals surface area contributed by atoms with E-state index >= 15 is 0 Å². The minimum Gasteiger partial charge on any atom is -0.399 e. The lowest BCUT2D eigenvalue weighted by Gasteiger charge is -2.15. The number of aromatic amines is 1. The van der Waals surface area contributed by atoms with E-state index in [1.54, 1.807) is 6.20 Å². The number of amides is 1. The summed E-state index contributed by atoms with van der Waals surface area (Å²) in [6.45, 7) is 6.32. The van der Waals surface area contributed by atoms with Gasteiger partial charge in [0.25, 0.3) is 5.91 Å². The molecule has 4 heteroatoms. The van der Waals surface area contributed by atoms with E-state index in [2.05, 4.69) is 24.1 Å². The van der Waals surface area contributed by atoms with Gasteiger partial charge in [-0.25, -0.2) is 0 Å². The van der Waals surface area contributed by atoms with Gasteiger partial charge >= 0.3 is 0 Å². The number of nitrogen functional groups attached to an aromatic ring is 1. The molecule has 1 atom stereocenters. The molecule has 1 heterocycles. The number of rotatable bonds is 4. The van der Waals surface area contributed by atoms with Gasteiger partial charge in [-0.2, -0.15) is 0 Å². The minimum absolute atomic E-state index is 0.0509. The molecule has 0 saturated heterocycles. The highest BCUT2D eigenvalue weighted by Crippen LogP contribution is 2.21. The van der Waals surface area contributed by atoms with Crippen LogP contribution in [0.1, 0.15) is 37.6 Å². The maximum Gasteiger partial charge on any atom is 0.253 e. The Morgan fingerprint density at radius 2 is 2.11 bits per heavy atom. The van der Waals surface area contributed by atoms with Crippen LogP contribution in [0.25, 0.3) is 10.9 Å². The summed E-state index contributed by atoms with van der Waals surface area (Å²) < 4.78 is 0. The van der Waals surface area contributed by atoms with Gasteiger partial charge in [0.05, 0.1) is 5.56 Å². The summed E-state index contributed by atoms with van der Waals surface area (Å²) in [6, 6.07) is 5.70. The summed E-state index contributed by atoms with van der Waals surface area (Å²) in [5, 5.41) is 3.90. The highest BCUT2D eigenvalue weighted by molar-refractivity contribution is 6.07. The predicted molar refractivity (Wildman–Crippen MR) is 79.1 cm³/mol. The Balaban J connectivity index is 2.19. The van der Waals surface area contributed by atoms with E-state index in [9.17, 15) is 4.79 Å². The molecule has 1 aromatic heterocycles. The average molecular weight is 259 g/mol. The zero-order valence-corrected chi connectivity index (χ0v) is 11.7. The van der Waals surface area contributed by atoms with Gasteiger partial charge in [-0.05, 0) is 37.5 Å². The maximum absolute atomic E-state index is 12.3. The molecule has 2 rings (SSSR count). The standard InChI is InChI=1S/C15H21N3O/c1-9(2)6-10(3)18-15(19)13-8-17-14-5-4-11(16)7-12(13)14/h4-5,7-10,17H,6,16H2,1-3H3,(H,18,19). The zero-order valence-electron chi connectivity index (χ0n) is 11.7. The first-order chi connectivity index (χ1) is 8.97. The number of carbonyl (C=O) groups excluding carboxylic acids is 1. The molecule has 0 aliphatic rings. The van der Waals surface area contributed by atoms with E-state index in [4.69, 9.17) is 5.73 Å². The fraction of sp³-hybridized carbons (Fsp3) is 0.400. The van der Waals surface area contributed by atoms with Gasteiger partial charge in [-0.1, -0.05) is 13.8 Å². The molecule has 4 N–H and O–H groups in total. The molecule has 19 heavy (non-hydrogen) atoms. The number of benzene rings is 1. The van der Waals surface area contributed by atoms with Crippen molar-refractivity contribution in [3.05, 3.63) is 30.0 Å². The first-order valence-electron chi connectivity index (χ1n) is 6.65. The lowest BCUT2D eigenvalue weighted by Crippen LogP contribution is -2.33. The number of nitrogens with two attached hydrogens (primary N) is 1. The Kier molecular flexibility index (Phi) is 3.79. The van der Waals surface area contributed by atoms with Crippen LogP contribution in [-0.4, -0.2) is 16.9 Å². The quantitative estimate of drug-likeness (QED) is 0.739. The molecule has 0 radical (unpaired) electrons. The SMILES string of the molecule is CC(C)CC(C)NC(=O)c1c[nH]c2ccc(N)cc12. The molecular formula is C15H21N3O. The van der Waals surface area contributed by atoms with Crippen molar-refractivity contribution in [2.24, 2.45) is 5.92 Å². The first-order valence-corrected chi connectivity index (χ1v) is 6.65. The molecule has 0 bridgehead atoms. The topological polar surface area (TPSA) is 70.9 Å². The van der Waals surface area contributed by atoms with Crippen molar-refractivity contribution in [2.75, 3.05) is 5.73 Å². The normalized spacial score (nSPS) is 12.8. The summed E-state index contributed by atoms with van der Waals surface area (Å²) in [6.07, 6.45) is 2.71. The van der Waals surface area contributed by atoms with Crippen LogP contribution in [0.2, 0.25) is 0 Å². The number of aromatic nitrogens is 1. The van der Waals surface area contributed by atoms with Crippen LogP contribution >= 0.6 is 0 Å². The van der Waals surface area contributed by atoms with E-state index in [0.29, 0.717) is 17.2 Å². The van der Waals surface area contributed by atoms with Gasteiger partial charge in [0.2, 0.25) is 0 Å². The third-order valence-corrected chi connectivity index (χ3v) is 3.15. The molecule has 0 fully saturated rings. The van der Waals surface area contributed by atoms with Crippen molar-refractivity contribution >= 4 is 22.5 Å². The van der Waals surface area contributed by atoms with Gasteiger partial charge < -0.3 is 16.0 Å². The molecule has 0 aliphatic heterocycles. The molecule has 1 aromatic carbocycles. The lowest BCUT2D eigenvalue weighted by molar-refractivity contribution is 0.0938. The van der Waals surface area contributed by atoms with Crippen LogP contribution in [0.4, 0.5) is 5.69 Å². The number of carbonyl (C=O) groups is 1. The largest absolute Gasteiger partial charge is 0.399 e. The van der Waals surface area contributed by atoms with Gasteiger partial charge in [0.1, 0.15) is 0 Å². The van der Waals surface area contributed by atoms with Crippen LogP contribution in [0, 0.1) is 5.92 Å². The Bertz CT molecular complexity index is 586. The Hall–Kier alpha value is -1.97. The fourth-order valence-electron chi connectivity index (χ4n) is 2.39. The minimum atomic E-state index is -0.0509. The summed E-state index contributed by atoms with van der Waals surface area (Å²) >= 11 is 0. The summed E-state index contributed by atoms with van der Waals surface area (Å²) in [5.74, 6) is 0.513. The van der Waals surface area contributed by atoms with Crippen LogP contribution in [0.3, 0.4) is 0 Å². The fourth-order valence-corrected chi connectivity index (χ4v) is 2.39. The van der Waals surface area contributed by atoms with E-state index in [0.717, 1.165) is 17.3 Å². The molecule has 1 unspecified atom stereocenters. The summed E-state index contributed by atoms with van der Waals surface area (Å²) in [7, 11) is 0. The number of H-pyrrole nitrogens is 1. The molecule has 102 valence electrons. The Morgan fingerprint density at radius 1 is 1.37 bits per heavy atom. The van der Waals surface area contributed by atoms with Gasteiger partial charge in [0, 0.05) is 28.8 Å². The van der Waals surface area contributed by atoms with E-state index < -0.39 is 0 Å². The second kappa shape index (κ2) is 5.34. The highest BCUT2D eigenvalue weighted by Gasteiger charge is 2.15. The zero-order chi connectivity index (χ0) is 14.0. The predicted octanol–water partition coefficient (Wildman–Crippen LogP) is 2.91. The van der Waals surface area contributed by atoms with E-state index in [1.807, 2.05) is 25.1 Å². The third kappa shape index (κ3) is 3.08. The molecule has 2 aromatic rings. The smallest absolute Gasteiger partial charge is 0.253 e. The lowest BCUT2D eigenvalue weighted by atomic mass is 10.0. The van der Waals surface area contributed by atoms with Crippen LogP contribution in [-0.2, 0) is 0 Å². The van der Waals surface area contributed by atoms with Crippen LogP contribution in [0.15, 0.2) is 24.4 Å². The molecular weight excluding hydrogens is 238 g/mol. The molecule has 1 amide bonds. The van der Waals surface area contributed by atoms with Crippen LogP contribution < -0.4 is 11.1 Å². The third-order valence-electron chi connectivity index (χ3n) is 3.15. The molecule has 0 aliphatic carbocycles. The maximum atomic E-state index is 12.3. The molecule has 4 nitrogen and oxygen atoms in total. The number of anilines is 1. The first kappa shape index (κ1) is 13.5. The molecule has 0 saturated carbocycles. The second-order valence-corrected chi connectivity index (χ2v) is 5.51. The van der Waals surface area contributed by atoms with E-state index in [1.165, 1.54) is 0 Å². The second-order valence-electron chi connectivity index (χ2n) is 5.51. The summed E-state index contributed by atoms with van der Waals surface area (Å²) in [4.78, 5) is 15.3. The Morgan fingerprint density at radius 3 is 2.79 bits per heavy atom.